The molecule has 0 unspecified atom stereocenters. The van der Waals surface area contributed by atoms with Gasteiger partial charge in [-0.3, -0.25) is 24.1 Å². The molecule has 1 fully saturated rings. The molecule has 1 aromatic carbocycles. The second kappa shape index (κ2) is 14.2. The van der Waals surface area contributed by atoms with Crippen molar-refractivity contribution in [2.45, 2.75) is 0 Å². The van der Waals surface area contributed by atoms with E-state index in [4.69, 9.17) is 9.47 Å². The van der Waals surface area contributed by atoms with Crippen molar-refractivity contribution in [2.24, 2.45) is 21.1 Å². The van der Waals surface area contributed by atoms with Crippen LogP contribution in [0.5, 0.6) is 5.75 Å². The number of amides is 4. The monoisotopic (exact) mass is 630 g/mol. The minimum atomic E-state index is -0.419. The van der Waals surface area contributed by atoms with Crippen molar-refractivity contribution >= 4 is 40.7 Å². The number of nitrogens with zero attached hydrogens (tertiary/aromatic N) is 4. The van der Waals surface area contributed by atoms with Crippen LogP contribution in [0.3, 0.4) is 0 Å². The lowest BCUT2D eigenvalue weighted by Crippen LogP contribution is -2.41. The summed E-state index contributed by atoms with van der Waals surface area (Å²) in [5.41, 5.74) is 2.80. The Morgan fingerprint density at radius 3 is 1.63 bits per heavy atom. The van der Waals surface area contributed by atoms with E-state index in [0.29, 0.717) is 65.2 Å². The molecule has 0 atom stereocenters. The Bertz CT molecular complexity index is 1730. The topological polar surface area (TPSA) is 153 Å². The van der Waals surface area contributed by atoms with Crippen molar-refractivity contribution < 1.29 is 28.7 Å². The van der Waals surface area contributed by atoms with Gasteiger partial charge in [0.2, 0.25) is 0 Å². The quantitative estimate of drug-likeness (QED) is 0.199. The van der Waals surface area contributed by atoms with Gasteiger partial charge in [-0.05, 0) is 42.5 Å². The van der Waals surface area contributed by atoms with E-state index >= 15 is 0 Å². The molecule has 3 aromatic heterocycles. The molecule has 14 nitrogen and oxygen atoms in total. The normalized spacial score (nSPS) is 13.2. The molecule has 4 aromatic rings. The first-order chi connectivity index (χ1) is 22.1. The molecule has 46 heavy (non-hydrogen) atoms. The van der Waals surface area contributed by atoms with Gasteiger partial charge in [0.15, 0.2) is 0 Å². The van der Waals surface area contributed by atoms with Gasteiger partial charge in [-0.1, -0.05) is 0 Å². The minimum absolute atomic E-state index is 0.232. The van der Waals surface area contributed by atoms with Crippen LogP contribution < -0.4 is 26.0 Å². The Labute approximate surface area is 266 Å². The number of ether oxygens (including phenoxy) is 2. The first-order valence-corrected chi connectivity index (χ1v) is 14.8. The van der Waals surface area contributed by atoms with Crippen molar-refractivity contribution in [1.82, 2.24) is 23.9 Å². The highest BCUT2D eigenvalue weighted by molar-refractivity contribution is 6.08. The maximum atomic E-state index is 13.1. The Morgan fingerprint density at radius 1 is 0.696 bits per heavy atom. The number of morpholine rings is 1. The molecule has 14 heteroatoms. The van der Waals surface area contributed by atoms with E-state index in [1.54, 1.807) is 103 Å². The van der Waals surface area contributed by atoms with E-state index < -0.39 is 11.8 Å². The first-order valence-electron chi connectivity index (χ1n) is 14.8. The molecule has 0 spiro atoms. The smallest absolute Gasteiger partial charge is 0.272 e. The maximum Gasteiger partial charge on any atom is 0.272 e. The molecule has 1 aliphatic heterocycles. The van der Waals surface area contributed by atoms with E-state index in [0.717, 1.165) is 19.6 Å². The SMILES string of the molecule is COc1ccc(C(=O)Nc2cc(C(=O)Nc3cc(C(=O)Nc4cc(C(=O)NCCN5CCOCC5)n(C)c4)n(C)c3)n(C)c2)cc1. The second-order valence-corrected chi connectivity index (χ2v) is 11.0. The van der Waals surface area contributed by atoms with Gasteiger partial charge in [0.05, 0.1) is 37.4 Å². The molecule has 1 saturated heterocycles. The summed E-state index contributed by atoms with van der Waals surface area (Å²) in [6.45, 7) is 4.34. The van der Waals surface area contributed by atoms with Gasteiger partial charge in [0.25, 0.3) is 23.6 Å². The Balaban J connectivity index is 1.16. The number of nitrogens with one attached hydrogen (secondary N) is 4. The Hall–Kier alpha value is -5.34. The number of anilines is 3. The summed E-state index contributed by atoms with van der Waals surface area (Å²) in [7, 11) is 6.68. The van der Waals surface area contributed by atoms with Crippen LogP contribution >= 0.6 is 0 Å². The summed E-state index contributed by atoms with van der Waals surface area (Å²) in [6, 6.07) is 11.4. The molecule has 0 bridgehead atoms. The molecular weight excluding hydrogens is 592 g/mol. The summed E-state index contributed by atoms with van der Waals surface area (Å²) >= 11 is 0. The zero-order chi connectivity index (χ0) is 32.8. The van der Waals surface area contributed by atoms with Crippen LogP contribution in [0.2, 0.25) is 0 Å². The molecule has 4 heterocycles. The van der Waals surface area contributed by atoms with E-state index in [-0.39, 0.29) is 11.8 Å². The number of hydrogen-bond acceptors (Lipinski definition) is 7. The number of carbonyl (C=O) groups excluding carboxylic acids is 4. The summed E-state index contributed by atoms with van der Waals surface area (Å²) in [6.07, 6.45) is 4.93. The summed E-state index contributed by atoms with van der Waals surface area (Å²) in [5.74, 6) is -0.744. The van der Waals surface area contributed by atoms with Crippen LogP contribution in [0.4, 0.5) is 17.1 Å². The Kier molecular flexibility index (Phi) is 9.88. The average molecular weight is 631 g/mol. The largest absolute Gasteiger partial charge is 0.497 e. The number of aryl methyl sites for hydroxylation is 3. The highest BCUT2D eigenvalue weighted by atomic mass is 16.5. The fraction of sp³-hybridized carbons (Fsp3) is 0.312. The summed E-state index contributed by atoms with van der Waals surface area (Å²) in [4.78, 5) is 53.9. The third kappa shape index (κ3) is 7.65. The molecule has 0 saturated carbocycles. The van der Waals surface area contributed by atoms with Crippen LogP contribution in [0.1, 0.15) is 41.8 Å². The molecule has 0 aliphatic carbocycles. The number of benzene rings is 1. The number of methoxy groups -OCH3 is 1. The van der Waals surface area contributed by atoms with E-state index in [1.165, 1.54) is 0 Å². The lowest BCUT2D eigenvalue weighted by atomic mass is 10.2. The second-order valence-electron chi connectivity index (χ2n) is 11.0. The zero-order valence-corrected chi connectivity index (χ0v) is 26.3. The third-order valence-electron chi connectivity index (χ3n) is 7.66. The summed E-state index contributed by atoms with van der Waals surface area (Å²) in [5, 5.41) is 11.4. The molecule has 0 radical (unpaired) electrons. The predicted octanol–water partition coefficient (Wildman–Crippen LogP) is 2.53. The predicted molar refractivity (Wildman–Crippen MR) is 173 cm³/mol. The number of rotatable bonds is 11. The lowest BCUT2D eigenvalue weighted by Gasteiger charge is -2.26. The van der Waals surface area contributed by atoms with E-state index in [9.17, 15) is 19.2 Å². The van der Waals surface area contributed by atoms with Crippen molar-refractivity contribution in [1.29, 1.82) is 0 Å². The number of carbonyl (C=O) groups is 4. The molecular formula is C32H38N8O6. The molecule has 1 aliphatic rings. The van der Waals surface area contributed by atoms with Crippen LogP contribution in [-0.2, 0) is 25.9 Å². The fourth-order valence-electron chi connectivity index (χ4n) is 5.15. The van der Waals surface area contributed by atoms with Gasteiger partial charge in [-0.25, -0.2) is 0 Å². The standard InChI is InChI=1S/C32H38N8O6/c1-37-19-23(15-26(37)30(42)33-9-10-40-11-13-46-14-12-40)35-32(44)28-17-24(20-39(28)3)36-31(43)27-16-22(18-38(27)2)34-29(41)21-5-7-25(45-4)8-6-21/h5-8,15-20H,9-14H2,1-4H3,(H,33,42)(H,34,41)(H,35,44)(H,36,43). The number of aromatic nitrogens is 3. The molecule has 242 valence electrons. The Morgan fingerprint density at radius 2 is 1.15 bits per heavy atom. The fourth-order valence-corrected chi connectivity index (χ4v) is 5.15. The molecule has 4 N–H and O–H groups in total. The van der Waals surface area contributed by atoms with Crippen molar-refractivity contribution in [3.8, 4) is 5.75 Å². The summed E-state index contributed by atoms with van der Waals surface area (Å²) < 4.78 is 15.3. The first kappa shape index (κ1) is 32.1. The molecule has 5 rings (SSSR count). The van der Waals surface area contributed by atoms with Crippen LogP contribution in [-0.4, -0.2) is 88.7 Å². The minimum Gasteiger partial charge on any atom is -0.497 e. The maximum absolute atomic E-state index is 13.1. The number of hydrogen-bond donors (Lipinski definition) is 4. The average Bonchev–Trinajstić information content (AvgIpc) is 3.72. The highest BCUT2D eigenvalue weighted by Gasteiger charge is 2.19. The van der Waals surface area contributed by atoms with Gasteiger partial charge < -0.3 is 44.4 Å². The zero-order valence-electron chi connectivity index (χ0n) is 26.3. The van der Waals surface area contributed by atoms with Crippen molar-refractivity contribution in [3.63, 3.8) is 0 Å². The van der Waals surface area contributed by atoms with Crippen LogP contribution in [0.15, 0.2) is 61.1 Å². The van der Waals surface area contributed by atoms with Gasteiger partial charge in [-0.2, -0.15) is 0 Å². The van der Waals surface area contributed by atoms with Gasteiger partial charge in [0, 0.05) is 71.5 Å². The van der Waals surface area contributed by atoms with Crippen LogP contribution in [0.25, 0.3) is 0 Å². The molecule has 4 amide bonds. The van der Waals surface area contributed by atoms with E-state index in [1.807, 2.05) is 0 Å². The third-order valence-corrected chi connectivity index (χ3v) is 7.66. The van der Waals surface area contributed by atoms with Crippen LogP contribution in [0, 0.1) is 0 Å². The van der Waals surface area contributed by atoms with Gasteiger partial charge >= 0.3 is 0 Å². The van der Waals surface area contributed by atoms with Gasteiger partial charge in [0.1, 0.15) is 22.8 Å². The van der Waals surface area contributed by atoms with Crippen molar-refractivity contribution in [2.75, 3.05) is 62.5 Å². The van der Waals surface area contributed by atoms with E-state index in [2.05, 4.69) is 26.2 Å². The highest BCUT2D eigenvalue weighted by Crippen LogP contribution is 2.20. The lowest BCUT2D eigenvalue weighted by molar-refractivity contribution is 0.0383. The van der Waals surface area contributed by atoms with Crippen molar-refractivity contribution in [3.05, 3.63) is 83.7 Å². The van der Waals surface area contributed by atoms with Gasteiger partial charge in [-0.15, -0.1) is 0 Å².